The first-order valence-electron chi connectivity index (χ1n) is 10.6. The highest BCUT2D eigenvalue weighted by molar-refractivity contribution is 5.97. The first kappa shape index (κ1) is 20.3. The van der Waals surface area contributed by atoms with Gasteiger partial charge in [-0.2, -0.15) is 0 Å². The lowest BCUT2D eigenvalue weighted by Gasteiger charge is -2.33. The van der Waals surface area contributed by atoms with Gasteiger partial charge in [0, 0.05) is 30.6 Å². The van der Waals surface area contributed by atoms with E-state index < -0.39 is 0 Å². The normalized spacial score (nSPS) is 18.6. The van der Waals surface area contributed by atoms with Crippen LogP contribution in [0.15, 0.2) is 48.5 Å². The quantitative estimate of drug-likeness (QED) is 0.761. The second-order valence-corrected chi connectivity index (χ2v) is 8.05. The summed E-state index contributed by atoms with van der Waals surface area (Å²) in [6.07, 6.45) is 4.08. The molecule has 0 aromatic heterocycles. The summed E-state index contributed by atoms with van der Waals surface area (Å²) in [5.74, 6) is 1.49. The van der Waals surface area contributed by atoms with Crippen LogP contribution in [0.2, 0.25) is 0 Å². The molecule has 158 valence electrons. The highest BCUT2D eigenvalue weighted by Crippen LogP contribution is 2.25. The van der Waals surface area contributed by atoms with Crippen molar-refractivity contribution in [2.24, 2.45) is 5.92 Å². The predicted octanol–water partition coefficient (Wildman–Crippen LogP) is 3.52. The number of rotatable bonds is 7. The topological polar surface area (TPSA) is 67.9 Å². The Hall–Kier alpha value is -3.02. The van der Waals surface area contributed by atoms with E-state index in [0.717, 1.165) is 32.2 Å². The fraction of sp³-hybridized carbons (Fsp3) is 0.417. The zero-order chi connectivity index (χ0) is 20.9. The molecule has 1 N–H and O–H groups in total. The molecule has 1 heterocycles. The number of para-hydroxylation sites is 1. The molecule has 4 rings (SSSR count). The van der Waals surface area contributed by atoms with Gasteiger partial charge in [-0.15, -0.1) is 0 Å². The zero-order valence-electron chi connectivity index (χ0n) is 17.3. The third kappa shape index (κ3) is 4.93. The van der Waals surface area contributed by atoms with Crippen LogP contribution in [0.1, 0.15) is 46.4 Å². The van der Waals surface area contributed by atoms with Crippen molar-refractivity contribution in [1.82, 2.24) is 10.2 Å². The van der Waals surface area contributed by atoms with Crippen molar-refractivity contribution in [2.75, 3.05) is 26.8 Å². The van der Waals surface area contributed by atoms with Gasteiger partial charge in [-0.1, -0.05) is 18.2 Å². The fourth-order valence-corrected chi connectivity index (χ4v) is 3.81. The van der Waals surface area contributed by atoms with E-state index in [4.69, 9.17) is 9.47 Å². The van der Waals surface area contributed by atoms with Gasteiger partial charge >= 0.3 is 0 Å². The van der Waals surface area contributed by atoms with Crippen molar-refractivity contribution in [2.45, 2.75) is 31.7 Å². The molecule has 1 aliphatic carbocycles. The highest BCUT2D eigenvalue weighted by atomic mass is 16.5. The van der Waals surface area contributed by atoms with Crippen molar-refractivity contribution in [1.29, 1.82) is 0 Å². The highest BCUT2D eigenvalue weighted by Gasteiger charge is 2.27. The van der Waals surface area contributed by atoms with Crippen molar-refractivity contribution in [3.05, 3.63) is 59.7 Å². The van der Waals surface area contributed by atoms with Crippen LogP contribution < -0.4 is 14.8 Å². The van der Waals surface area contributed by atoms with Crippen molar-refractivity contribution >= 4 is 11.8 Å². The molecule has 2 aromatic rings. The summed E-state index contributed by atoms with van der Waals surface area (Å²) < 4.78 is 11.3. The van der Waals surface area contributed by atoms with Gasteiger partial charge in [0.05, 0.1) is 19.3 Å². The van der Waals surface area contributed by atoms with Gasteiger partial charge in [-0.25, -0.2) is 0 Å². The van der Waals surface area contributed by atoms with Crippen LogP contribution in [-0.2, 0) is 0 Å². The first-order chi connectivity index (χ1) is 14.6. The third-order valence-electron chi connectivity index (χ3n) is 5.64. The minimum atomic E-state index is -0.0470. The number of nitrogens with one attached hydrogen (secondary N) is 1. The molecule has 6 nitrogen and oxygen atoms in total. The first-order valence-corrected chi connectivity index (χ1v) is 10.6. The van der Waals surface area contributed by atoms with Crippen LogP contribution in [-0.4, -0.2) is 49.6 Å². The van der Waals surface area contributed by atoms with Crippen molar-refractivity contribution in [3.8, 4) is 11.5 Å². The van der Waals surface area contributed by atoms with E-state index in [9.17, 15) is 9.59 Å². The number of hydrogen-bond acceptors (Lipinski definition) is 4. The molecule has 0 spiro atoms. The Morgan fingerprint density at radius 1 is 1.10 bits per heavy atom. The lowest BCUT2D eigenvalue weighted by atomic mass is 9.98. The van der Waals surface area contributed by atoms with Gasteiger partial charge < -0.3 is 19.7 Å². The second kappa shape index (κ2) is 9.20. The number of methoxy groups -OCH3 is 1. The summed E-state index contributed by atoms with van der Waals surface area (Å²) in [5, 5.41) is 3.00. The molecule has 1 saturated carbocycles. The maximum atomic E-state index is 13.0. The van der Waals surface area contributed by atoms with Gasteiger partial charge in [0.1, 0.15) is 11.5 Å². The summed E-state index contributed by atoms with van der Waals surface area (Å²) in [4.78, 5) is 27.1. The molecular weight excluding hydrogens is 380 g/mol. The molecule has 1 aliphatic heterocycles. The molecule has 0 bridgehead atoms. The van der Waals surface area contributed by atoms with Gasteiger partial charge in [0.2, 0.25) is 0 Å². The fourth-order valence-electron chi connectivity index (χ4n) is 3.81. The molecule has 2 aromatic carbocycles. The number of carbonyl (C=O) groups excluding carboxylic acids is 2. The smallest absolute Gasteiger partial charge is 0.257 e. The van der Waals surface area contributed by atoms with Crippen LogP contribution in [0.25, 0.3) is 0 Å². The van der Waals surface area contributed by atoms with E-state index in [1.54, 1.807) is 25.3 Å². The summed E-state index contributed by atoms with van der Waals surface area (Å²) in [6, 6.07) is 15.0. The van der Waals surface area contributed by atoms with E-state index in [1.165, 1.54) is 0 Å². The Labute approximate surface area is 177 Å². The van der Waals surface area contributed by atoms with Gasteiger partial charge in [0.25, 0.3) is 11.8 Å². The van der Waals surface area contributed by atoms with E-state index in [-0.39, 0.29) is 17.7 Å². The number of ether oxygens (including phenoxy) is 2. The monoisotopic (exact) mass is 408 g/mol. The van der Waals surface area contributed by atoms with Crippen LogP contribution in [0, 0.1) is 5.92 Å². The molecule has 6 heteroatoms. The van der Waals surface area contributed by atoms with Crippen LogP contribution in [0.4, 0.5) is 0 Å². The summed E-state index contributed by atoms with van der Waals surface area (Å²) in [6.45, 7) is 1.91. The maximum Gasteiger partial charge on any atom is 0.257 e. The zero-order valence-corrected chi connectivity index (χ0v) is 17.3. The van der Waals surface area contributed by atoms with E-state index in [2.05, 4.69) is 5.32 Å². The SMILES string of the molecule is COc1ccccc1C(=O)N1CCC[C@@H](COc2cccc(C(=O)NC3CC3)c2)C1. The largest absolute Gasteiger partial charge is 0.496 e. The summed E-state index contributed by atoms with van der Waals surface area (Å²) >= 11 is 0. The third-order valence-corrected chi connectivity index (χ3v) is 5.64. The number of hydrogen-bond donors (Lipinski definition) is 1. The Bertz CT molecular complexity index is 910. The minimum absolute atomic E-state index is 0.00380. The molecule has 1 atom stereocenters. The predicted molar refractivity (Wildman–Crippen MR) is 114 cm³/mol. The summed E-state index contributed by atoms with van der Waals surface area (Å²) in [7, 11) is 1.58. The Kier molecular flexibility index (Phi) is 6.21. The number of benzene rings is 2. The van der Waals surface area contributed by atoms with Gasteiger partial charge in [-0.3, -0.25) is 9.59 Å². The van der Waals surface area contributed by atoms with Crippen molar-refractivity contribution in [3.63, 3.8) is 0 Å². The van der Waals surface area contributed by atoms with Gasteiger partial charge in [0.15, 0.2) is 0 Å². The Morgan fingerprint density at radius 2 is 1.93 bits per heavy atom. The molecule has 1 saturated heterocycles. The molecule has 30 heavy (non-hydrogen) atoms. The molecule has 2 fully saturated rings. The number of likely N-dealkylation sites (tertiary alicyclic amines) is 1. The number of amides is 2. The molecule has 0 unspecified atom stereocenters. The van der Waals surface area contributed by atoms with Crippen molar-refractivity contribution < 1.29 is 19.1 Å². The standard InChI is InChI=1S/C24H28N2O4/c1-29-22-10-3-2-9-21(22)24(28)26-13-5-6-17(15-26)16-30-20-8-4-7-18(14-20)23(27)25-19-11-12-19/h2-4,7-10,14,17,19H,5-6,11-13,15-16H2,1H3,(H,25,27)/t17-/m1/s1. The molecule has 2 amide bonds. The van der Waals surface area contributed by atoms with E-state index >= 15 is 0 Å². The number of carbonyl (C=O) groups is 2. The van der Waals surface area contributed by atoms with E-state index in [1.807, 2.05) is 35.2 Å². The van der Waals surface area contributed by atoms with Crippen LogP contribution in [0.3, 0.4) is 0 Å². The van der Waals surface area contributed by atoms with Crippen LogP contribution in [0.5, 0.6) is 11.5 Å². The molecular formula is C24H28N2O4. The van der Waals surface area contributed by atoms with Gasteiger partial charge in [-0.05, 0) is 56.0 Å². The number of piperidine rings is 1. The average Bonchev–Trinajstić information content (AvgIpc) is 3.61. The Morgan fingerprint density at radius 3 is 2.73 bits per heavy atom. The molecule has 0 radical (unpaired) electrons. The lowest BCUT2D eigenvalue weighted by Crippen LogP contribution is -2.41. The summed E-state index contributed by atoms with van der Waals surface area (Å²) in [5.41, 5.74) is 1.21. The maximum absolute atomic E-state index is 13.0. The molecule has 2 aliphatic rings. The minimum Gasteiger partial charge on any atom is -0.496 e. The van der Waals surface area contributed by atoms with E-state index in [0.29, 0.717) is 41.8 Å². The Balaban J connectivity index is 1.34. The second-order valence-electron chi connectivity index (χ2n) is 8.05. The lowest BCUT2D eigenvalue weighted by molar-refractivity contribution is 0.0629. The number of nitrogens with zero attached hydrogens (tertiary/aromatic N) is 1. The van der Waals surface area contributed by atoms with Crippen LogP contribution >= 0.6 is 0 Å². The average molecular weight is 408 g/mol.